The van der Waals surface area contributed by atoms with Crippen LogP contribution >= 0.6 is 0 Å². The highest BCUT2D eigenvalue weighted by Crippen LogP contribution is 2.13. The molecule has 0 saturated heterocycles. The van der Waals surface area contributed by atoms with Crippen molar-refractivity contribution in [2.45, 2.75) is 26.4 Å². The van der Waals surface area contributed by atoms with Gasteiger partial charge < -0.3 is 9.88 Å². The maximum Gasteiger partial charge on any atom is 0.123 e. The van der Waals surface area contributed by atoms with Crippen LogP contribution in [-0.4, -0.2) is 11.1 Å². The van der Waals surface area contributed by atoms with Crippen LogP contribution in [0.5, 0.6) is 0 Å². The highest BCUT2D eigenvalue weighted by molar-refractivity contribution is 5.38. The van der Waals surface area contributed by atoms with Crippen molar-refractivity contribution in [2.24, 2.45) is 0 Å². The van der Waals surface area contributed by atoms with Gasteiger partial charge in [0, 0.05) is 25.5 Å². The van der Waals surface area contributed by atoms with Gasteiger partial charge in [0.05, 0.1) is 11.6 Å². The molecule has 0 spiro atoms. The van der Waals surface area contributed by atoms with Gasteiger partial charge in [0.2, 0.25) is 0 Å². The molecule has 0 radical (unpaired) electrons. The first-order chi connectivity index (χ1) is 9.72. The molecule has 0 aliphatic heterocycles. The molecule has 1 heterocycles. The Hall–Kier alpha value is -2.12. The molecule has 0 aliphatic rings. The number of benzene rings is 1. The normalized spacial score (nSPS) is 10.4. The lowest BCUT2D eigenvalue weighted by molar-refractivity contribution is 0.623. The number of nitriles is 1. The first kappa shape index (κ1) is 14.3. The highest BCUT2D eigenvalue weighted by atomic mass is 19.1. The molecule has 0 aliphatic carbocycles. The van der Waals surface area contributed by atoms with Gasteiger partial charge in [0.1, 0.15) is 5.82 Å². The van der Waals surface area contributed by atoms with E-state index in [4.69, 9.17) is 5.26 Å². The summed E-state index contributed by atoms with van der Waals surface area (Å²) in [7, 11) is 0. The molecular weight excluding hydrogens is 253 g/mol. The second kappa shape index (κ2) is 6.88. The first-order valence-electron chi connectivity index (χ1n) is 6.77. The quantitative estimate of drug-likeness (QED) is 0.820. The summed E-state index contributed by atoms with van der Waals surface area (Å²) in [6, 6.07) is 8.40. The maximum absolute atomic E-state index is 13.3. The highest BCUT2D eigenvalue weighted by Gasteiger charge is 2.05. The Labute approximate surface area is 118 Å². The lowest BCUT2D eigenvalue weighted by Crippen LogP contribution is -2.13. The molecule has 1 N–H and O–H groups in total. The molecule has 3 nitrogen and oxygen atoms in total. The van der Waals surface area contributed by atoms with Crippen molar-refractivity contribution >= 4 is 0 Å². The molecule has 0 amide bonds. The summed E-state index contributed by atoms with van der Waals surface area (Å²) in [5.41, 5.74) is 2.41. The summed E-state index contributed by atoms with van der Waals surface area (Å²) in [6.07, 6.45) is 5.08. The second-order valence-corrected chi connectivity index (χ2v) is 4.78. The fourth-order valence-corrected chi connectivity index (χ4v) is 2.10. The average molecular weight is 271 g/mol. The third-order valence-electron chi connectivity index (χ3n) is 3.11. The Kier molecular flexibility index (Phi) is 4.91. The zero-order chi connectivity index (χ0) is 14.4. The molecule has 0 unspecified atom stereocenters. The molecule has 104 valence electrons. The fourth-order valence-electron chi connectivity index (χ4n) is 2.10. The van der Waals surface area contributed by atoms with E-state index in [-0.39, 0.29) is 5.82 Å². The van der Waals surface area contributed by atoms with Crippen molar-refractivity contribution in [1.82, 2.24) is 9.88 Å². The molecular formula is C16H18FN3. The molecule has 4 heteroatoms. The van der Waals surface area contributed by atoms with Crippen LogP contribution in [0.15, 0.2) is 36.7 Å². The Morgan fingerprint density at radius 1 is 1.35 bits per heavy atom. The van der Waals surface area contributed by atoms with Crippen LogP contribution < -0.4 is 5.32 Å². The Balaban J connectivity index is 2.07. The van der Waals surface area contributed by atoms with E-state index in [0.717, 1.165) is 19.5 Å². The van der Waals surface area contributed by atoms with Crippen molar-refractivity contribution in [1.29, 1.82) is 5.26 Å². The van der Waals surface area contributed by atoms with Gasteiger partial charge >= 0.3 is 0 Å². The Morgan fingerprint density at radius 2 is 2.20 bits per heavy atom. The number of nitrogens with one attached hydrogen (secondary N) is 1. The third-order valence-corrected chi connectivity index (χ3v) is 3.11. The molecule has 0 fully saturated rings. The topological polar surface area (TPSA) is 40.8 Å². The van der Waals surface area contributed by atoms with E-state index in [0.29, 0.717) is 17.7 Å². The molecule has 0 atom stereocenters. The van der Waals surface area contributed by atoms with Gasteiger partial charge in [0.15, 0.2) is 0 Å². The summed E-state index contributed by atoms with van der Waals surface area (Å²) >= 11 is 0. The summed E-state index contributed by atoms with van der Waals surface area (Å²) < 4.78 is 15.2. The van der Waals surface area contributed by atoms with E-state index < -0.39 is 0 Å². The standard InChI is InChI=1S/C16H18FN3/c1-2-6-19-10-13-5-7-20(11-13)12-15-8-16(17)4-3-14(15)9-18/h3-5,7-8,11,19H,2,6,10,12H2,1H3. The van der Waals surface area contributed by atoms with E-state index in [1.54, 1.807) is 0 Å². The smallest absolute Gasteiger partial charge is 0.123 e. The average Bonchev–Trinajstić information content (AvgIpc) is 2.87. The van der Waals surface area contributed by atoms with E-state index in [1.165, 1.54) is 23.8 Å². The SMILES string of the molecule is CCCNCc1ccn(Cc2cc(F)ccc2C#N)c1. The monoisotopic (exact) mass is 271 g/mol. The molecule has 2 aromatic rings. The number of nitrogens with zero attached hydrogens (tertiary/aromatic N) is 2. The van der Waals surface area contributed by atoms with Crippen LogP contribution in [0.1, 0.15) is 30.0 Å². The van der Waals surface area contributed by atoms with Crippen molar-refractivity contribution < 1.29 is 4.39 Å². The number of hydrogen-bond acceptors (Lipinski definition) is 2. The van der Waals surface area contributed by atoms with Crippen molar-refractivity contribution in [3.8, 4) is 6.07 Å². The minimum Gasteiger partial charge on any atom is -0.350 e. The largest absolute Gasteiger partial charge is 0.350 e. The summed E-state index contributed by atoms with van der Waals surface area (Å²) in [6.45, 7) is 4.46. The van der Waals surface area contributed by atoms with Gasteiger partial charge in [0.25, 0.3) is 0 Å². The number of halogens is 1. The van der Waals surface area contributed by atoms with Gasteiger partial charge in [-0.2, -0.15) is 5.26 Å². The van der Waals surface area contributed by atoms with E-state index >= 15 is 0 Å². The van der Waals surface area contributed by atoms with Gasteiger partial charge in [-0.15, -0.1) is 0 Å². The first-order valence-corrected chi connectivity index (χ1v) is 6.77. The van der Waals surface area contributed by atoms with Crippen molar-refractivity contribution in [3.63, 3.8) is 0 Å². The fraction of sp³-hybridized carbons (Fsp3) is 0.312. The Bertz CT molecular complexity index is 610. The van der Waals surface area contributed by atoms with Crippen molar-refractivity contribution in [2.75, 3.05) is 6.54 Å². The van der Waals surface area contributed by atoms with Gasteiger partial charge in [-0.3, -0.25) is 0 Å². The number of aromatic nitrogens is 1. The van der Waals surface area contributed by atoms with Crippen LogP contribution in [0.2, 0.25) is 0 Å². The predicted molar refractivity (Wildman–Crippen MR) is 76.6 cm³/mol. The predicted octanol–water partition coefficient (Wildman–Crippen LogP) is 3.05. The van der Waals surface area contributed by atoms with E-state index in [1.807, 2.05) is 23.0 Å². The molecule has 20 heavy (non-hydrogen) atoms. The molecule has 1 aromatic heterocycles. The van der Waals surface area contributed by atoms with Crippen molar-refractivity contribution in [3.05, 3.63) is 59.2 Å². The summed E-state index contributed by atoms with van der Waals surface area (Å²) in [4.78, 5) is 0. The summed E-state index contributed by atoms with van der Waals surface area (Å²) in [5, 5.41) is 12.4. The number of hydrogen-bond donors (Lipinski definition) is 1. The summed E-state index contributed by atoms with van der Waals surface area (Å²) in [5.74, 6) is -0.309. The van der Waals surface area contributed by atoms with Crippen LogP contribution in [0, 0.1) is 17.1 Å². The van der Waals surface area contributed by atoms with Crippen LogP contribution in [0.3, 0.4) is 0 Å². The van der Waals surface area contributed by atoms with Crippen LogP contribution in [0.4, 0.5) is 4.39 Å². The molecule has 2 rings (SSSR count). The minimum absolute atomic E-state index is 0.309. The Morgan fingerprint density at radius 3 is 2.95 bits per heavy atom. The van der Waals surface area contributed by atoms with E-state index in [9.17, 15) is 4.39 Å². The third kappa shape index (κ3) is 3.69. The lowest BCUT2D eigenvalue weighted by Gasteiger charge is -2.06. The molecule has 0 saturated carbocycles. The van der Waals surface area contributed by atoms with E-state index in [2.05, 4.69) is 18.3 Å². The zero-order valence-electron chi connectivity index (χ0n) is 11.6. The van der Waals surface area contributed by atoms with Gasteiger partial charge in [-0.25, -0.2) is 4.39 Å². The van der Waals surface area contributed by atoms with Gasteiger partial charge in [-0.05, 0) is 48.4 Å². The van der Waals surface area contributed by atoms with Gasteiger partial charge in [-0.1, -0.05) is 6.92 Å². The van der Waals surface area contributed by atoms with Crippen LogP contribution in [0.25, 0.3) is 0 Å². The maximum atomic E-state index is 13.3. The number of rotatable bonds is 6. The minimum atomic E-state index is -0.309. The zero-order valence-corrected chi connectivity index (χ0v) is 11.6. The second-order valence-electron chi connectivity index (χ2n) is 4.78. The molecule has 1 aromatic carbocycles. The molecule has 0 bridgehead atoms. The lowest BCUT2D eigenvalue weighted by atomic mass is 10.1. The van der Waals surface area contributed by atoms with Crippen LogP contribution in [-0.2, 0) is 13.1 Å².